The Labute approximate surface area is 626 Å². The van der Waals surface area contributed by atoms with Crippen LogP contribution in [-0.4, -0.2) is 160 Å². The largest absolute Gasteiger partial charge is 0.506 e. The fraction of sp³-hybridized carbons (Fsp3) is 0.175. The van der Waals surface area contributed by atoms with Crippen LogP contribution in [0.25, 0.3) is 0 Å². The lowest BCUT2D eigenvalue weighted by molar-refractivity contribution is 0.468. The predicted octanol–water partition coefficient (Wildman–Crippen LogP) is 13.6. The van der Waals surface area contributed by atoms with Crippen LogP contribution in [-0.2, 0) is 10.0 Å². The Morgan fingerprint density at radius 1 is 0.525 bits per heavy atom. The SMILES string of the molecule is CC1=Nn2nc(C(C)CN)nc2C1=Nc1cc(Cl)c(O)c(Cl)c1.CC1=Nn2nc(C(C)CNS(C)(=O)=O)nc2C1=Nc1cc(Cl)c(O)c(Cl)c1.CSc1nnc2n1N=C(c1ccccc1)C2=Nc1cc(Cl)c(O)c(Cl)c1.Cc1nnc2n1N=C(c1ccccc1)C2=Nc1cc(Br)c(O)c(Br)c1. The van der Waals surface area contributed by atoms with Gasteiger partial charge in [0.25, 0.3) is 0 Å². The second-order valence-electron chi connectivity index (χ2n) is 22.1. The van der Waals surface area contributed by atoms with Gasteiger partial charge >= 0.3 is 0 Å². The van der Waals surface area contributed by atoms with Crippen molar-refractivity contribution in [2.45, 2.75) is 51.6 Å². The summed E-state index contributed by atoms with van der Waals surface area (Å²) >= 11 is 43.9. The Kier molecular flexibility index (Phi) is 22.5. The molecule has 7 N–H and O–H groups in total. The molecule has 38 heteroatoms. The molecule has 2 unspecified atom stereocenters. The third kappa shape index (κ3) is 16.3. The number of phenols is 4. The first-order valence-corrected chi connectivity index (χ1v) is 36.5. The number of nitrogens with two attached hydrogens (primary N) is 1. The second kappa shape index (κ2) is 30.9. The minimum absolute atomic E-state index is 0.0300. The second-order valence-corrected chi connectivity index (χ2v) is 28.9. The van der Waals surface area contributed by atoms with Gasteiger partial charge in [0.1, 0.15) is 40.0 Å². The molecule has 4 aliphatic heterocycles. The van der Waals surface area contributed by atoms with E-state index < -0.39 is 10.0 Å². The maximum Gasteiger partial charge on any atom is 0.212 e. The molecule has 4 aliphatic rings. The summed E-state index contributed by atoms with van der Waals surface area (Å²) in [6.45, 7) is 9.77. The highest BCUT2D eigenvalue weighted by atomic mass is 79.9. The standard InChI is InChI=1S/C17H11Br2N5O.C17H11Cl2N5OS.C15H16Cl2N6O3S.C14H14Cl2N6O/c1-9-21-22-17-15(20-11-7-12(18)16(25)13(19)8-11)14(23-24(9)17)10-5-3-2-4-6-10;1-26-17-22-21-16-14(20-10-7-11(18)15(25)12(19)8-10)13(23-24(16)17)9-5-3-2-4-6-9;1-7(6-18-27(3,25)26)14-20-15-12(8(2)21-23(15)22-14)19-9-4-10(16)13(24)11(17)5-9;1-6(5-17)13-19-14-11(7(2)20-22(14)21-13)18-8-3-9(15)12(23)10(16)4-8/h2-8,25H,1H3;2-8,25H,1H3;4-5,7,18,24H,6H2,1-3H3;3-4,6,23H,5,17H2,1-2H3. The molecule has 2 atom stereocenters. The van der Waals surface area contributed by atoms with Gasteiger partial charge in [0, 0.05) is 36.1 Å². The normalized spacial score (nSPS) is 15.6. The average Bonchev–Trinajstić information content (AvgIpc) is 1.64. The zero-order valence-corrected chi connectivity index (χ0v) is 62.8. The molecule has 8 heterocycles. The molecule has 0 saturated heterocycles. The lowest BCUT2D eigenvalue weighted by Crippen LogP contribution is -2.26. The average molecular weight is 1650 g/mol. The van der Waals surface area contributed by atoms with Crippen molar-refractivity contribution in [2.24, 2.45) is 46.1 Å². The van der Waals surface area contributed by atoms with Gasteiger partial charge in [-0.05, 0) is 107 Å². The van der Waals surface area contributed by atoms with E-state index in [1.165, 1.54) is 57.7 Å². The van der Waals surface area contributed by atoms with Crippen molar-refractivity contribution in [3.8, 4) is 23.0 Å². The zero-order chi connectivity index (χ0) is 72.5. The Balaban J connectivity index is 0.000000136. The molecule has 14 rings (SSSR count). The minimum Gasteiger partial charge on any atom is -0.506 e. The van der Waals surface area contributed by atoms with Crippen LogP contribution in [0.3, 0.4) is 0 Å². The quantitative estimate of drug-likeness (QED) is 0.0584. The Morgan fingerprint density at radius 3 is 1.31 bits per heavy atom. The number of sulfonamides is 1. The minimum atomic E-state index is -3.30. The van der Waals surface area contributed by atoms with Crippen LogP contribution in [0, 0.1) is 6.92 Å². The maximum atomic E-state index is 11.2. The van der Waals surface area contributed by atoms with Crippen molar-refractivity contribution < 1.29 is 28.8 Å². The molecular formula is C63H52Br2Cl6N22O6S2. The number of halogens is 8. The molecule has 0 saturated carbocycles. The fourth-order valence-corrected chi connectivity index (χ4v) is 13.0. The predicted molar refractivity (Wildman–Crippen MR) is 402 cm³/mol. The van der Waals surface area contributed by atoms with E-state index in [1.54, 1.807) is 35.3 Å². The van der Waals surface area contributed by atoms with E-state index in [9.17, 15) is 28.8 Å². The molecule has 6 aromatic carbocycles. The Hall–Kier alpha value is -8.64. The van der Waals surface area contributed by atoms with Crippen LogP contribution in [0.1, 0.15) is 91.4 Å². The molecular weight excluding hydrogens is 1600 g/mol. The molecule has 10 aromatic rings. The summed E-state index contributed by atoms with van der Waals surface area (Å²) in [5, 5.41) is 83.3. The maximum absolute atomic E-state index is 11.2. The molecule has 518 valence electrons. The van der Waals surface area contributed by atoms with Crippen LogP contribution in [0.4, 0.5) is 22.7 Å². The molecule has 0 spiro atoms. The molecule has 101 heavy (non-hydrogen) atoms. The number of fused-ring (bicyclic) bond motifs is 4. The third-order valence-corrected chi connectivity index (χ3v) is 18.9. The molecule has 0 amide bonds. The number of aromatic nitrogens is 12. The summed E-state index contributed by atoms with van der Waals surface area (Å²) in [7, 11) is -3.30. The molecule has 0 radical (unpaired) electrons. The van der Waals surface area contributed by atoms with Crippen LogP contribution in [0.2, 0.25) is 30.1 Å². The lowest BCUT2D eigenvalue weighted by Gasteiger charge is -2.07. The summed E-state index contributed by atoms with van der Waals surface area (Å²) in [5.41, 5.74) is 14.5. The van der Waals surface area contributed by atoms with E-state index in [0.717, 1.165) is 23.1 Å². The topological polar surface area (TPSA) is 375 Å². The van der Waals surface area contributed by atoms with E-state index >= 15 is 0 Å². The molecule has 0 bridgehead atoms. The van der Waals surface area contributed by atoms with Crippen molar-refractivity contribution in [3.63, 3.8) is 0 Å². The Bertz CT molecular complexity index is 5240. The van der Waals surface area contributed by atoms with Gasteiger partial charge in [-0.1, -0.05) is 156 Å². The van der Waals surface area contributed by atoms with E-state index in [4.69, 9.17) is 80.3 Å². The van der Waals surface area contributed by atoms with Gasteiger partial charge in [0.05, 0.1) is 79.5 Å². The van der Waals surface area contributed by atoms with Gasteiger partial charge < -0.3 is 26.2 Å². The summed E-state index contributed by atoms with van der Waals surface area (Å²) in [6, 6.07) is 32.0. The summed E-state index contributed by atoms with van der Waals surface area (Å²) in [4.78, 5) is 30.0. The monoisotopic (exact) mass is 1640 g/mol. The van der Waals surface area contributed by atoms with Gasteiger partial charge in [-0.15, -0.1) is 40.2 Å². The number of nitrogens with one attached hydrogen (secondary N) is 1. The number of hydrogen-bond acceptors (Lipinski definition) is 24. The van der Waals surface area contributed by atoms with Crippen molar-refractivity contribution in [2.75, 3.05) is 25.6 Å². The highest BCUT2D eigenvalue weighted by Gasteiger charge is 2.32. The van der Waals surface area contributed by atoms with E-state index in [0.29, 0.717) is 124 Å². The summed E-state index contributed by atoms with van der Waals surface area (Å²) in [6.07, 6.45) is 3.00. The van der Waals surface area contributed by atoms with Gasteiger partial charge in [0.2, 0.25) is 38.5 Å². The van der Waals surface area contributed by atoms with Crippen molar-refractivity contribution in [3.05, 3.63) is 200 Å². The summed E-state index contributed by atoms with van der Waals surface area (Å²) in [5.74, 6) is 3.20. The number of aryl methyl sites for hydroxylation is 1. The van der Waals surface area contributed by atoms with Crippen LogP contribution in [0.15, 0.2) is 164 Å². The van der Waals surface area contributed by atoms with E-state index in [-0.39, 0.29) is 71.5 Å². The van der Waals surface area contributed by atoms with Crippen LogP contribution < -0.4 is 10.5 Å². The van der Waals surface area contributed by atoms with E-state index in [2.05, 4.69) is 113 Å². The van der Waals surface area contributed by atoms with E-state index in [1.807, 2.05) is 87.7 Å². The Morgan fingerprint density at radius 2 is 0.901 bits per heavy atom. The van der Waals surface area contributed by atoms with Gasteiger partial charge in [-0.25, -0.2) is 43.1 Å². The number of aromatic hydroxyl groups is 4. The number of benzene rings is 6. The van der Waals surface area contributed by atoms with Crippen molar-refractivity contribution in [1.82, 2.24) is 64.2 Å². The molecule has 0 fully saturated rings. The van der Waals surface area contributed by atoms with Crippen molar-refractivity contribution >= 4 is 192 Å². The first kappa shape index (κ1) is 73.6. The number of rotatable bonds is 13. The first-order valence-electron chi connectivity index (χ1n) is 29.6. The molecule has 4 aromatic heterocycles. The van der Waals surface area contributed by atoms with Gasteiger partial charge in [-0.2, -0.15) is 29.8 Å². The first-order chi connectivity index (χ1) is 48.1. The highest BCUT2D eigenvalue weighted by Crippen LogP contribution is 2.41. The lowest BCUT2D eigenvalue weighted by atomic mass is 10.1. The number of nitrogens with zero attached hydrogens (tertiary/aromatic N) is 20. The summed E-state index contributed by atoms with van der Waals surface area (Å²) < 4.78 is 29.4. The molecule has 0 aliphatic carbocycles. The number of phenolic OH excluding ortho intramolecular Hbond substituents is 4. The number of hydrogen-bond donors (Lipinski definition) is 6. The zero-order valence-electron chi connectivity index (χ0n) is 53.4. The van der Waals surface area contributed by atoms with Crippen molar-refractivity contribution in [1.29, 1.82) is 0 Å². The van der Waals surface area contributed by atoms with Gasteiger partial charge in [0.15, 0.2) is 34.7 Å². The van der Waals surface area contributed by atoms with Crippen LogP contribution >= 0.6 is 113 Å². The highest BCUT2D eigenvalue weighted by molar-refractivity contribution is 9.11. The number of thioether (sulfide) groups is 1. The van der Waals surface area contributed by atoms with Gasteiger partial charge in [-0.3, -0.25) is 0 Å². The number of aliphatic imine (C=N–C) groups is 4. The molecule has 28 nitrogen and oxygen atoms in total. The third-order valence-electron chi connectivity index (χ3n) is 14.6. The smallest absolute Gasteiger partial charge is 0.212 e. The van der Waals surface area contributed by atoms with Crippen LogP contribution in [0.5, 0.6) is 23.0 Å². The fourth-order valence-electron chi connectivity index (χ4n) is 9.46.